The fourth-order valence-electron chi connectivity index (χ4n) is 1.05. The fourth-order valence-corrected chi connectivity index (χ4v) is 1.05. The Morgan fingerprint density at radius 2 is 2.06 bits per heavy atom. The number of aromatic amines is 1. The summed E-state index contributed by atoms with van der Waals surface area (Å²) in [5.41, 5.74) is 0.435. The van der Waals surface area contributed by atoms with E-state index in [1.165, 1.54) is 12.5 Å². The van der Waals surface area contributed by atoms with Gasteiger partial charge < -0.3 is 5.32 Å². The van der Waals surface area contributed by atoms with Crippen molar-refractivity contribution in [3.63, 3.8) is 0 Å². The molecule has 0 radical (unpaired) electrons. The maximum atomic E-state index is 11.4. The molecule has 0 fully saturated rings. The lowest BCUT2D eigenvalue weighted by Crippen LogP contribution is -2.29. The van der Waals surface area contributed by atoms with Crippen molar-refractivity contribution in [2.24, 2.45) is 0 Å². The zero-order valence-electron chi connectivity index (χ0n) is 8.54. The SMILES string of the molecule is O=C(Nc1cccnc1)C(=O)Nc1ncn[nH]1. The van der Waals surface area contributed by atoms with E-state index in [1.54, 1.807) is 18.3 Å². The molecule has 0 aliphatic heterocycles. The number of pyridine rings is 1. The number of aromatic nitrogens is 4. The molecule has 0 aliphatic carbocycles. The summed E-state index contributed by atoms with van der Waals surface area (Å²) in [5, 5.41) is 10.5. The highest BCUT2D eigenvalue weighted by Crippen LogP contribution is 2.02. The van der Waals surface area contributed by atoms with E-state index in [4.69, 9.17) is 0 Å². The van der Waals surface area contributed by atoms with Crippen LogP contribution in [0.2, 0.25) is 0 Å². The summed E-state index contributed by atoms with van der Waals surface area (Å²) < 4.78 is 0. The number of anilines is 2. The van der Waals surface area contributed by atoms with Crippen LogP contribution < -0.4 is 10.6 Å². The predicted octanol–water partition coefficient (Wildman–Crippen LogP) is -0.223. The molecule has 86 valence electrons. The molecule has 0 aromatic carbocycles. The third-order valence-electron chi connectivity index (χ3n) is 1.77. The van der Waals surface area contributed by atoms with Crippen LogP contribution in [0.1, 0.15) is 0 Å². The Morgan fingerprint density at radius 1 is 1.24 bits per heavy atom. The first-order valence-corrected chi connectivity index (χ1v) is 4.63. The van der Waals surface area contributed by atoms with Gasteiger partial charge in [-0.3, -0.25) is 19.9 Å². The number of carbonyl (C=O) groups is 2. The van der Waals surface area contributed by atoms with Crippen molar-refractivity contribution < 1.29 is 9.59 Å². The van der Waals surface area contributed by atoms with E-state index >= 15 is 0 Å². The van der Waals surface area contributed by atoms with E-state index in [0.29, 0.717) is 5.69 Å². The van der Waals surface area contributed by atoms with Crippen molar-refractivity contribution in [1.29, 1.82) is 0 Å². The van der Waals surface area contributed by atoms with Crippen molar-refractivity contribution in [3.05, 3.63) is 30.9 Å². The molecule has 0 spiro atoms. The number of amides is 2. The minimum atomic E-state index is -0.842. The second-order valence-corrected chi connectivity index (χ2v) is 2.98. The molecule has 0 aliphatic rings. The Balaban J connectivity index is 1.94. The van der Waals surface area contributed by atoms with Gasteiger partial charge in [-0.25, -0.2) is 5.10 Å². The molecular weight excluding hydrogens is 224 g/mol. The van der Waals surface area contributed by atoms with Crippen molar-refractivity contribution >= 4 is 23.5 Å². The molecular formula is C9H8N6O2. The van der Waals surface area contributed by atoms with E-state index in [0.717, 1.165) is 0 Å². The van der Waals surface area contributed by atoms with Crippen molar-refractivity contribution in [1.82, 2.24) is 20.2 Å². The van der Waals surface area contributed by atoms with E-state index < -0.39 is 11.8 Å². The summed E-state index contributed by atoms with van der Waals surface area (Å²) in [7, 11) is 0. The van der Waals surface area contributed by atoms with Crippen molar-refractivity contribution in [2.75, 3.05) is 10.6 Å². The van der Waals surface area contributed by atoms with Crippen LogP contribution in [0.4, 0.5) is 11.6 Å². The van der Waals surface area contributed by atoms with Crippen LogP contribution in [0.15, 0.2) is 30.9 Å². The predicted molar refractivity (Wildman–Crippen MR) is 57.9 cm³/mol. The molecule has 3 N–H and O–H groups in total. The third-order valence-corrected chi connectivity index (χ3v) is 1.77. The third kappa shape index (κ3) is 2.84. The average Bonchev–Trinajstić information content (AvgIpc) is 2.83. The molecule has 0 saturated carbocycles. The van der Waals surface area contributed by atoms with Gasteiger partial charge in [0.05, 0.1) is 11.9 Å². The Labute approximate surface area is 95.5 Å². The molecule has 2 aromatic rings. The van der Waals surface area contributed by atoms with E-state index in [2.05, 4.69) is 30.8 Å². The molecule has 0 atom stereocenters. The van der Waals surface area contributed by atoms with Crippen LogP contribution in [0, 0.1) is 0 Å². The topological polar surface area (TPSA) is 113 Å². The minimum Gasteiger partial charge on any atom is -0.316 e. The zero-order chi connectivity index (χ0) is 12.1. The summed E-state index contributed by atoms with van der Waals surface area (Å²) in [6, 6.07) is 3.26. The van der Waals surface area contributed by atoms with E-state index in [9.17, 15) is 9.59 Å². The summed E-state index contributed by atoms with van der Waals surface area (Å²) in [4.78, 5) is 30.3. The number of H-pyrrole nitrogens is 1. The maximum Gasteiger partial charge on any atom is 0.316 e. The lowest BCUT2D eigenvalue weighted by molar-refractivity contribution is -0.133. The van der Waals surface area contributed by atoms with Crippen LogP contribution in [0.5, 0.6) is 0 Å². The first kappa shape index (κ1) is 10.7. The standard InChI is InChI=1S/C9H8N6O2/c16-7(13-6-2-1-3-10-4-6)8(17)14-9-11-5-12-15-9/h1-5H,(H,13,16)(H2,11,12,14,15,17). The van der Waals surface area contributed by atoms with Crippen LogP contribution in [-0.2, 0) is 9.59 Å². The van der Waals surface area contributed by atoms with Gasteiger partial charge in [0, 0.05) is 6.20 Å². The second kappa shape index (κ2) is 4.84. The molecule has 0 saturated heterocycles. The van der Waals surface area contributed by atoms with Gasteiger partial charge in [-0.05, 0) is 12.1 Å². The highest BCUT2D eigenvalue weighted by atomic mass is 16.2. The van der Waals surface area contributed by atoms with Crippen LogP contribution in [0.25, 0.3) is 0 Å². The highest BCUT2D eigenvalue weighted by Gasteiger charge is 2.14. The van der Waals surface area contributed by atoms with Gasteiger partial charge >= 0.3 is 11.8 Å². The van der Waals surface area contributed by atoms with Crippen molar-refractivity contribution in [2.45, 2.75) is 0 Å². The van der Waals surface area contributed by atoms with Crippen molar-refractivity contribution in [3.8, 4) is 0 Å². The molecule has 2 amide bonds. The van der Waals surface area contributed by atoms with Gasteiger partial charge in [-0.2, -0.15) is 10.1 Å². The molecule has 8 heteroatoms. The summed E-state index contributed by atoms with van der Waals surface area (Å²) in [6.07, 6.45) is 4.21. The van der Waals surface area contributed by atoms with Gasteiger partial charge in [0.1, 0.15) is 6.33 Å². The minimum absolute atomic E-state index is 0.108. The fraction of sp³-hybridized carbons (Fsp3) is 0. The first-order chi connectivity index (χ1) is 8.25. The monoisotopic (exact) mass is 232 g/mol. The highest BCUT2D eigenvalue weighted by molar-refractivity contribution is 6.43. The molecule has 8 nitrogen and oxygen atoms in total. The number of nitrogens with one attached hydrogen (secondary N) is 3. The Bertz CT molecular complexity index is 510. The molecule has 0 bridgehead atoms. The van der Waals surface area contributed by atoms with Crippen LogP contribution >= 0.6 is 0 Å². The van der Waals surface area contributed by atoms with Gasteiger partial charge in [-0.1, -0.05) is 0 Å². The van der Waals surface area contributed by atoms with Crippen LogP contribution in [-0.4, -0.2) is 32.0 Å². The number of hydrogen-bond donors (Lipinski definition) is 3. The van der Waals surface area contributed by atoms with E-state index in [-0.39, 0.29) is 5.95 Å². The normalized spacial score (nSPS) is 9.65. The smallest absolute Gasteiger partial charge is 0.316 e. The number of rotatable bonds is 2. The molecule has 2 heterocycles. The van der Waals surface area contributed by atoms with Gasteiger partial charge in [0.25, 0.3) is 0 Å². The summed E-state index contributed by atoms with van der Waals surface area (Å²) >= 11 is 0. The first-order valence-electron chi connectivity index (χ1n) is 4.63. The molecule has 17 heavy (non-hydrogen) atoms. The summed E-state index contributed by atoms with van der Waals surface area (Å²) in [5.74, 6) is -1.55. The Hall–Kier alpha value is -2.77. The quantitative estimate of drug-likeness (QED) is 0.619. The average molecular weight is 232 g/mol. The second-order valence-electron chi connectivity index (χ2n) is 2.98. The van der Waals surface area contributed by atoms with Gasteiger partial charge in [-0.15, -0.1) is 0 Å². The maximum absolute atomic E-state index is 11.4. The number of carbonyl (C=O) groups excluding carboxylic acids is 2. The lowest BCUT2D eigenvalue weighted by Gasteiger charge is -2.03. The summed E-state index contributed by atoms with van der Waals surface area (Å²) in [6.45, 7) is 0. The zero-order valence-corrected chi connectivity index (χ0v) is 8.54. The Morgan fingerprint density at radius 3 is 2.71 bits per heavy atom. The van der Waals surface area contributed by atoms with Crippen LogP contribution in [0.3, 0.4) is 0 Å². The number of nitrogens with zero attached hydrogens (tertiary/aromatic N) is 3. The molecule has 0 unspecified atom stereocenters. The van der Waals surface area contributed by atoms with E-state index in [1.807, 2.05) is 0 Å². The number of hydrogen-bond acceptors (Lipinski definition) is 5. The van der Waals surface area contributed by atoms with Gasteiger partial charge in [0.2, 0.25) is 5.95 Å². The largest absolute Gasteiger partial charge is 0.316 e. The molecule has 2 aromatic heterocycles. The molecule has 2 rings (SSSR count). The Kier molecular flexibility index (Phi) is 3.05. The lowest BCUT2D eigenvalue weighted by atomic mass is 10.4. The van der Waals surface area contributed by atoms with Gasteiger partial charge in [0.15, 0.2) is 0 Å².